The fourth-order valence-corrected chi connectivity index (χ4v) is 3.31. The van der Waals surface area contributed by atoms with Crippen molar-refractivity contribution in [3.63, 3.8) is 0 Å². The zero-order chi connectivity index (χ0) is 18.5. The van der Waals surface area contributed by atoms with Gasteiger partial charge in [-0.15, -0.1) is 0 Å². The number of hydrogen-bond donors (Lipinski definition) is 2. The van der Waals surface area contributed by atoms with Gasteiger partial charge in [-0.3, -0.25) is 9.59 Å². The van der Waals surface area contributed by atoms with E-state index in [0.717, 1.165) is 23.3 Å². The Kier molecular flexibility index (Phi) is 3.78. The summed E-state index contributed by atoms with van der Waals surface area (Å²) in [6.07, 6.45) is 2.18. The molecule has 1 aromatic carbocycles. The number of nitrogens with zero attached hydrogens (tertiary/aromatic N) is 1. The molecule has 2 N–H and O–H groups in total. The van der Waals surface area contributed by atoms with Crippen LogP contribution in [0.25, 0.3) is 0 Å². The van der Waals surface area contributed by atoms with Gasteiger partial charge in [-0.1, -0.05) is 6.07 Å². The first-order valence-electron chi connectivity index (χ1n) is 8.72. The predicted octanol–water partition coefficient (Wildman–Crippen LogP) is 0.935. The van der Waals surface area contributed by atoms with Gasteiger partial charge < -0.3 is 20.1 Å². The largest absolute Gasteiger partial charge is 0.454 e. The van der Waals surface area contributed by atoms with Gasteiger partial charge >= 0.3 is 6.03 Å². The van der Waals surface area contributed by atoms with Crippen molar-refractivity contribution < 1.29 is 23.9 Å². The summed E-state index contributed by atoms with van der Waals surface area (Å²) in [4.78, 5) is 38.6. The van der Waals surface area contributed by atoms with Crippen LogP contribution in [-0.4, -0.2) is 47.2 Å². The lowest BCUT2D eigenvalue weighted by molar-refractivity contribution is -0.137. The molecule has 1 aromatic rings. The van der Waals surface area contributed by atoms with E-state index in [0.29, 0.717) is 17.9 Å². The first-order valence-corrected chi connectivity index (χ1v) is 8.72. The minimum Gasteiger partial charge on any atom is -0.454 e. The van der Waals surface area contributed by atoms with E-state index in [1.165, 1.54) is 0 Å². The lowest BCUT2D eigenvalue weighted by Crippen LogP contribution is -2.50. The number of urea groups is 1. The van der Waals surface area contributed by atoms with Crippen LogP contribution in [0.15, 0.2) is 18.2 Å². The van der Waals surface area contributed by atoms with Crippen LogP contribution in [0, 0.1) is 0 Å². The summed E-state index contributed by atoms with van der Waals surface area (Å²) in [6.45, 7) is 3.41. The highest BCUT2D eigenvalue weighted by Gasteiger charge is 2.51. The van der Waals surface area contributed by atoms with Gasteiger partial charge in [-0.25, -0.2) is 9.69 Å². The van der Waals surface area contributed by atoms with E-state index in [1.54, 1.807) is 26.0 Å². The molecule has 0 spiro atoms. The van der Waals surface area contributed by atoms with Crippen molar-refractivity contribution >= 4 is 17.8 Å². The van der Waals surface area contributed by atoms with E-state index in [9.17, 15) is 14.4 Å². The Morgan fingerprint density at radius 2 is 2.08 bits per heavy atom. The van der Waals surface area contributed by atoms with Crippen LogP contribution in [0.1, 0.15) is 32.3 Å². The molecule has 4 amide bonds. The fourth-order valence-electron chi connectivity index (χ4n) is 3.31. The van der Waals surface area contributed by atoms with Crippen LogP contribution in [0.4, 0.5) is 4.79 Å². The number of rotatable bonds is 5. The maximum atomic E-state index is 12.9. The molecule has 138 valence electrons. The molecular formula is C18H21N3O5. The van der Waals surface area contributed by atoms with Gasteiger partial charge in [0, 0.05) is 12.5 Å². The summed E-state index contributed by atoms with van der Waals surface area (Å²) >= 11 is 0. The molecular weight excluding hydrogens is 338 g/mol. The molecule has 2 aliphatic heterocycles. The number of carbonyl (C=O) groups excluding carboxylic acids is 3. The Bertz CT molecular complexity index is 791. The molecule has 2 unspecified atom stereocenters. The van der Waals surface area contributed by atoms with Gasteiger partial charge in [-0.2, -0.15) is 0 Å². The summed E-state index contributed by atoms with van der Waals surface area (Å²) in [5.74, 6) is 0.575. The molecule has 3 aliphatic rings. The molecule has 8 heteroatoms. The first kappa shape index (κ1) is 16.7. The van der Waals surface area contributed by atoms with Crippen molar-refractivity contribution in [1.29, 1.82) is 0 Å². The van der Waals surface area contributed by atoms with Crippen LogP contribution in [-0.2, 0) is 16.0 Å². The maximum Gasteiger partial charge on any atom is 0.325 e. The molecule has 26 heavy (non-hydrogen) atoms. The number of benzene rings is 1. The predicted molar refractivity (Wildman–Crippen MR) is 90.7 cm³/mol. The van der Waals surface area contributed by atoms with E-state index < -0.39 is 23.5 Å². The van der Waals surface area contributed by atoms with E-state index in [-0.39, 0.29) is 18.7 Å². The summed E-state index contributed by atoms with van der Waals surface area (Å²) in [7, 11) is 0. The molecule has 1 saturated heterocycles. The van der Waals surface area contributed by atoms with Gasteiger partial charge in [0.25, 0.3) is 5.91 Å². The fraction of sp³-hybridized carbons (Fsp3) is 0.500. The second-order valence-electron chi connectivity index (χ2n) is 7.26. The Morgan fingerprint density at radius 1 is 1.35 bits per heavy atom. The smallest absolute Gasteiger partial charge is 0.325 e. The number of imide groups is 1. The van der Waals surface area contributed by atoms with Gasteiger partial charge in [0.15, 0.2) is 11.5 Å². The minimum absolute atomic E-state index is 0.172. The van der Waals surface area contributed by atoms with Crippen molar-refractivity contribution in [2.45, 2.75) is 50.7 Å². The third-order valence-electron chi connectivity index (χ3n) is 4.98. The third-order valence-corrected chi connectivity index (χ3v) is 4.98. The molecule has 0 aromatic heterocycles. The summed E-state index contributed by atoms with van der Waals surface area (Å²) in [5, 5.41) is 5.57. The van der Waals surface area contributed by atoms with Crippen molar-refractivity contribution in [1.82, 2.24) is 15.5 Å². The first-order chi connectivity index (χ1) is 12.4. The van der Waals surface area contributed by atoms with E-state index in [2.05, 4.69) is 10.6 Å². The Hall–Kier alpha value is -2.77. The van der Waals surface area contributed by atoms with Crippen LogP contribution in [0.5, 0.6) is 11.5 Å². The van der Waals surface area contributed by atoms with Gasteiger partial charge in [-0.05, 0) is 44.4 Å². The molecule has 0 radical (unpaired) electrons. The third kappa shape index (κ3) is 2.85. The van der Waals surface area contributed by atoms with Crippen LogP contribution < -0.4 is 20.1 Å². The van der Waals surface area contributed by atoms with Gasteiger partial charge in [0.05, 0.1) is 0 Å². The Morgan fingerprint density at radius 3 is 2.81 bits per heavy atom. The molecule has 2 fully saturated rings. The molecule has 2 atom stereocenters. The summed E-state index contributed by atoms with van der Waals surface area (Å²) < 4.78 is 10.6. The van der Waals surface area contributed by atoms with E-state index >= 15 is 0 Å². The topological polar surface area (TPSA) is 97.0 Å². The quantitative estimate of drug-likeness (QED) is 0.763. The van der Waals surface area contributed by atoms with Crippen molar-refractivity contribution in [3.8, 4) is 11.5 Å². The summed E-state index contributed by atoms with van der Waals surface area (Å²) in [5.41, 5.74) is -0.277. The highest BCUT2D eigenvalue weighted by Crippen LogP contribution is 2.34. The lowest BCUT2D eigenvalue weighted by atomic mass is 9.92. The Labute approximate surface area is 150 Å². The second-order valence-corrected chi connectivity index (χ2v) is 7.26. The van der Waals surface area contributed by atoms with Gasteiger partial charge in [0.1, 0.15) is 11.6 Å². The molecule has 4 rings (SSSR count). The normalized spacial score (nSPS) is 25.2. The van der Waals surface area contributed by atoms with E-state index in [1.807, 2.05) is 6.07 Å². The number of amides is 4. The number of carbonyl (C=O) groups is 3. The highest BCUT2D eigenvalue weighted by molar-refractivity contribution is 6.09. The molecule has 0 bridgehead atoms. The van der Waals surface area contributed by atoms with Crippen LogP contribution in [0.3, 0.4) is 0 Å². The maximum absolute atomic E-state index is 12.9. The molecule has 8 nitrogen and oxygen atoms in total. The Balaban J connectivity index is 1.50. The standard InChI is InChI=1S/C18H21N3O5/c1-10(15(22)19-12-4-5-12)21-16(23)18(2,20-17(21)24)8-11-3-6-13-14(7-11)26-9-25-13/h3,6-7,10,12H,4-5,8-9H2,1-2H3,(H,19,22)(H,20,24). The minimum atomic E-state index is -1.11. The molecule has 2 heterocycles. The lowest BCUT2D eigenvalue weighted by Gasteiger charge is -2.24. The van der Waals surface area contributed by atoms with E-state index in [4.69, 9.17) is 9.47 Å². The second kappa shape index (κ2) is 5.89. The average Bonchev–Trinajstić information content (AvgIpc) is 3.22. The summed E-state index contributed by atoms with van der Waals surface area (Å²) in [6, 6.07) is 4.21. The van der Waals surface area contributed by atoms with Crippen molar-refractivity contribution in [3.05, 3.63) is 23.8 Å². The average molecular weight is 359 g/mol. The van der Waals surface area contributed by atoms with Crippen LogP contribution >= 0.6 is 0 Å². The number of ether oxygens (including phenoxy) is 2. The number of nitrogens with one attached hydrogen (secondary N) is 2. The monoisotopic (exact) mass is 359 g/mol. The van der Waals surface area contributed by atoms with Crippen LogP contribution in [0.2, 0.25) is 0 Å². The van der Waals surface area contributed by atoms with Crippen molar-refractivity contribution in [2.24, 2.45) is 0 Å². The SMILES string of the molecule is CC(C(=O)NC1CC1)N1C(=O)NC(C)(Cc2ccc3c(c2)OCO3)C1=O. The highest BCUT2D eigenvalue weighted by atomic mass is 16.7. The van der Waals surface area contributed by atoms with Gasteiger partial charge in [0.2, 0.25) is 12.7 Å². The van der Waals surface area contributed by atoms with Crippen molar-refractivity contribution in [2.75, 3.05) is 6.79 Å². The number of hydrogen-bond acceptors (Lipinski definition) is 5. The number of fused-ring (bicyclic) bond motifs is 1. The molecule has 1 aliphatic carbocycles. The zero-order valence-electron chi connectivity index (χ0n) is 14.7. The zero-order valence-corrected chi connectivity index (χ0v) is 14.7. The molecule has 1 saturated carbocycles.